The lowest BCUT2D eigenvalue weighted by Gasteiger charge is -2.26. The Morgan fingerprint density at radius 2 is 1.68 bits per heavy atom. The van der Waals surface area contributed by atoms with Gasteiger partial charge in [-0.05, 0) is 47.4 Å². The number of hydrogen-bond donors (Lipinski definition) is 1. The highest BCUT2D eigenvalue weighted by Gasteiger charge is 2.19. The minimum Gasteiger partial charge on any atom is -0.335 e. The summed E-state index contributed by atoms with van der Waals surface area (Å²) >= 11 is 0. The number of aromatic nitrogens is 2. The third kappa shape index (κ3) is 4.05. The van der Waals surface area contributed by atoms with E-state index in [-0.39, 0.29) is 5.91 Å². The van der Waals surface area contributed by atoms with Crippen LogP contribution in [0.2, 0.25) is 0 Å². The lowest BCUT2D eigenvalue weighted by atomic mass is 9.99. The molecule has 0 bridgehead atoms. The van der Waals surface area contributed by atoms with Gasteiger partial charge >= 0.3 is 0 Å². The Hall–Kier alpha value is -3.92. The lowest BCUT2D eigenvalue weighted by molar-refractivity contribution is 0.0773. The van der Waals surface area contributed by atoms with Gasteiger partial charge in [-0.2, -0.15) is 5.10 Å². The number of rotatable bonds is 4. The number of amides is 1. The number of carbonyl (C=O) groups excluding carboxylic acids is 1. The molecule has 4 heteroatoms. The van der Waals surface area contributed by atoms with Gasteiger partial charge in [0.2, 0.25) is 0 Å². The maximum absolute atomic E-state index is 12.9. The van der Waals surface area contributed by atoms with Crippen LogP contribution in [0.1, 0.15) is 33.6 Å². The molecule has 0 saturated heterocycles. The summed E-state index contributed by atoms with van der Waals surface area (Å²) in [6.07, 6.45) is 7.07. The zero-order valence-corrected chi connectivity index (χ0v) is 17.2. The van der Waals surface area contributed by atoms with Crippen molar-refractivity contribution in [1.82, 2.24) is 15.1 Å². The molecule has 0 spiro atoms. The van der Waals surface area contributed by atoms with Crippen LogP contribution in [-0.2, 0) is 0 Å². The number of aromatic amines is 1. The van der Waals surface area contributed by atoms with Crippen LogP contribution in [0, 0.1) is 0 Å². The molecule has 0 atom stereocenters. The van der Waals surface area contributed by atoms with Gasteiger partial charge in [-0.1, -0.05) is 72.8 Å². The summed E-state index contributed by atoms with van der Waals surface area (Å²) in [5, 5.41) is 8.51. The molecule has 0 fully saturated rings. The number of H-pyrrole nitrogens is 1. The Morgan fingerprint density at radius 1 is 0.903 bits per heavy atom. The summed E-state index contributed by atoms with van der Waals surface area (Å²) < 4.78 is 0. The smallest absolute Gasteiger partial charge is 0.254 e. The molecule has 1 aromatic heterocycles. The van der Waals surface area contributed by atoms with Crippen molar-refractivity contribution in [1.29, 1.82) is 0 Å². The maximum atomic E-state index is 12.9. The first kappa shape index (κ1) is 19.1. The summed E-state index contributed by atoms with van der Waals surface area (Å²) in [7, 11) is 0. The van der Waals surface area contributed by atoms with Gasteiger partial charge in [-0.3, -0.25) is 9.89 Å². The second-order valence-corrected chi connectivity index (χ2v) is 7.71. The largest absolute Gasteiger partial charge is 0.335 e. The normalized spacial score (nSPS) is 14.2. The molecule has 0 unspecified atom stereocenters. The Morgan fingerprint density at radius 3 is 2.45 bits per heavy atom. The fourth-order valence-electron chi connectivity index (χ4n) is 3.97. The highest BCUT2D eigenvalue weighted by molar-refractivity contribution is 5.95. The van der Waals surface area contributed by atoms with Crippen molar-refractivity contribution in [2.75, 3.05) is 13.1 Å². The van der Waals surface area contributed by atoms with E-state index in [0.29, 0.717) is 6.54 Å². The number of carbonyl (C=O) groups is 1. The number of nitrogens with one attached hydrogen (secondary N) is 1. The van der Waals surface area contributed by atoms with Crippen LogP contribution in [0.15, 0.2) is 84.9 Å². The van der Waals surface area contributed by atoms with Gasteiger partial charge in [0.1, 0.15) is 0 Å². The molecule has 5 rings (SSSR count). The molecule has 2 heterocycles. The van der Waals surface area contributed by atoms with Crippen LogP contribution in [-0.4, -0.2) is 34.1 Å². The van der Waals surface area contributed by atoms with E-state index in [4.69, 9.17) is 0 Å². The van der Waals surface area contributed by atoms with Crippen LogP contribution in [0.3, 0.4) is 0 Å². The monoisotopic (exact) mass is 405 g/mol. The number of fused-ring (bicyclic) bond motifs is 1. The van der Waals surface area contributed by atoms with Crippen LogP contribution >= 0.6 is 0 Å². The van der Waals surface area contributed by atoms with E-state index in [9.17, 15) is 4.79 Å². The maximum Gasteiger partial charge on any atom is 0.254 e. The molecule has 1 aliphatic heterocycles. The van der Waals surface area contributed by atoms with Gasteiger partial charge in [0.05, 0.1) is 11.2 Å². The second kappa shape index (κ2) is 8.44. The molecule has 4 nitrogen and oxygen atoms in total. The van der Waals surface area contributed by atoms with E-state index >= 15 is 0 Å². The first-order valence-electron chi connectivity index (χ1n) is 10.5. The molecule has 0 saturated carbocycles. The average Bonchev–Trinajstić information content (AvgIpc) is 3.26. The Bertz CT molecular complexity index is 1270. The molecule has 0 radical (unpaired) electrons. The van der Waals surface area contributed by atoms with Crippen molar-refractivity contribution < 1.29 is 4.79 Å². The van der Waals surface area contributed by atoms with Crippen molar-refractivity contribution in [3.8, 4) is 0 Å². The van der Waals surface area contributed by atoms with Gasteiger partial charge in [-0.15, -0.1) is 0 Å². The minimum atomic E-state index is 0.0807. The first-order chi connectivity index (χ1) is 15.3. The zero-order chi connectivity index (χ0) is 21.0. The van der Waals surface area contributed by atoms with E-state index in [1.165, 1.54) is 11.1 Å². The highest BCUT2D eigenvalue weighted by Crippen LogP contribution is 2.23. The summed E-state index contributed by atoms with van der Waals surface area (Å²) in [6, 6.07) is 26.2. The average molecular weight is 406 g/mol. The Labute approximate surface area is 181 Å². The van der Waals surface area contributed by atoms with Crippen molar-refractivity contribution in [3.63, 3.8) is 0 Å². The summed E-state index contributed by atoms with van der Waals surface area (Å²) in [6.45, 7) is 1.39. The van der Waals surface area contributed by atoms with Gasteiger partial charge in [-0.25, -0.2) is 0 Å². The molecule has 31 heavy (non-hydrogen) atoms. The van der Waals surface area contributed by atoms with Gasteiger partial charge in [0, 0.05) is 24.0 Å². The Kier molecular flexibility index (Phi) is 5.19. The molecule has 152 valence electrons. The number of benzene rings is 3. The molecule has 1 amide bonds. The van der Waals surface area contributed by atoms with Gasteiger partial charge in [0.15, 0.2) is 0 Å². The molecule has 4 aromatic rings. The van der Waals surface area contributed by atoms with Crippen LogP contribution in [0.4, 0.5) is 0 Å². The number of nitrogens with zero attached hydrogens (tertiary/aromatic N) is 2. The highest BCUT2D eigenvalue weighted by atomic mass is 16.2. The van der Waals surface area contributed by atoms with Gasteiger partial charge in [0.25, 0.3) is 5.91 Å². The SMILES string of the molecule is O=C(c1ccc(/C=C/c2n[nH]c3ccccc23)cc1)N1CC=C(c2ccccc2)CC1. The van der Waals surface area contributed by atoms with E-state index in [0.717, 1.165) is 40.7 Å². The van der Waals surface area contributed by atoms with Crippen LogP contribution < -0.4 is 0 Å². The van der Waals surface area contributed by atoms with E-state index in [1.807, 2.05) is 65.6 Å². The van der Waals surface area contributed by atoms with Crippen LogP contribution in [0.5, 0.6) is 0 Å². The van der Waals surface area contributed by atoms with Gasteiger partial charge < -0.3 is 4.90 Å². The molecular formula is C27H23N3O. The molecule has 3 aromatic carbocycles. The van der Waals surface area contributed by atoms with Crippen LogP contribution in [0.25, 0.3) is 28.6 Å². The molecule has 0 aliphatic carbocycles. The Balaban J connectivity index is 1.26. The molecule has 1 N–H and O–H groups in total. The number of hydrogen-bond acceptors (Lipinski definition) is 2. The predicted molar refractivity (Wildman–Crippen MR) is 126 cm³/mol. The minimum absolute atomic E-state index is 0.0807. The van der Waals surface area contributed by atoms with Crippen molar-refractivity contribution >= 4 is 34.5 Å². The van der Waals surface area contributed by atoms with E-state index in [2.05, 4.69) is 46.6 Å². The quantitative estimate of drug-likeness (QED) is 0.476. The number of para-hydroxylation sites is 1. The standard InChI is InChI=1S/C27H23N3O/c31-27(30-18-16-22(17-19-30)21-6-2-1-3-7-21)23-13-10-20(11-14-23)12-15-26-24-8-4-5-9-25(24)28-29-26/h1-16H,17-19H2,(H,28,29)/b15-12+. The zero-order valence-electron chi connectivity index (χ0n) is 17.2. The summed E-state index contributed by atoms with van der Waals surface area (Å²) in [5.74, 6) is 0.0807. The third-order valence-corrected chi connectivity index (χ3v) is 5.73. The summed E-state index contributed by atoms with van der Waals surface area (Å²) in [5.41, 5.74) is 6.25. The third-order valence-electron chi connectivity index (χ3n) is 5.73. The predicted octanol–water partition coefficient (Wildman–Crippen LogP) is 5.66. The fraction of sp³-hybridized carbons (Fsp3) is 0.111. The topological polar surface area (TPSA) is 49.0 Å². The van der Waals surface area contributed by atoms with Crippen molar-refractivity contribution in [2.45, 2.75) is 6.42 Å². The lowest BCUT2D eigenvalue weighted by Crippen LogP contribution is -2.34. The van der Waals surface area contributed by atoms with E-state index in [1.54, 1.807) is 0 Å². The van der Waals surface area contributed by atoms with Crippen molar-refractivity contribution in [2.24, 2.45) is 0 Å². The first-order valence-corrected chi connectivity index (χ1v) is 10.5. The second-order valence-electron chi connectivity index (χ2n) is 7.71. The van der Waals surface area contributed by atoms with Crippen molar-refractivity contribution in [3.05, 3.63) is 107 Å². The molecule has 1 aliphatic rings. The molecular weight excluding hydrogens is 382 g/mol. The van der Waals surface area contributed by atoms with E-state index < -0.39 is 0 Å². The fourth-order valence-corrected chi connectivity index (χ4v) is 3.97. The summed E-state index contributed by atoms with van der Waals surface area (Å²) in [4.78, 5) is 14.8.